The Morgan fingerprint density at radius 3 is 2.74 bits per heavy atom. The van der Waals surface area contributed by atoms with Gasteiger partial charge in [0.15, 0.2) is 0 Å². The summed E-state index contributed by atoms with van der Waals surface area (Å²) in [6.07, 6.45) is 4.91. The van der Waals surface area contributed by atoms with Gasteiger partial charge < -0.3 is 9.57 Å². The maximum absolute atomic E-state index is 6.08. The van der Waals surface area contributed by atoms with Crippen LogP contribution in [0, 0.1) is 0 Å². The molecule has 1 aromatic rings. The smallest absolute Gasteiger partial charge is 0.232 e. The first-order valence-electron chi connectivity index (χ1n) is 7.25. The molecule has 2 rings (SSSR count). The molecule has 1 unspecified atom stereocenters. The van der Waals surface area contributed by atoms with Crippen molar-refractivity contribution >= 4 is 5.71 Å². The molecule has 0 aliphatic carbocycles. The van der Waals surface area contributed by atoms with E-state index in [1.165, 1.54) is 5.56 Å². The van der Waals surface area contributed by atoms with Crippen molar-refractivity contribution in [1.82, 2.24) is 0 Å². The molecule has 19 heavy (non-hydrogen) atoms. The molecular formula is C16H23NO2. The van der Waals surface area contributed by atoms with Crippen molar-refractivity contribution in [2.75, 3.05) is 0 Å². The summed E-state index contributed by atoms with van der Waals surface area (Å²) in [7, 11) is 0. The molecule has 0 amide bonds. The van der Waals surface area contributed by atoms with Crippen LogP contribution in [0.1, 0.15) is 57.6 Å². The van der Waals surface area contributed by atoms with E-state index < -0.39 is 0 Å². The summed E-state index contributed by atoms with van der Waals surface area (Å²) >= 11 is 0. The van der Waals surface area contributed by atoms with Crippen LogP contribution in [0.25, 0.3) is 0 Å². The Bertz CT molecular complexity index is 402. The Morgan fingerprint density at radius 1 is 1.26 bits per heavy atom. The SMILES string of the molecule is CCCC1=NOC(O[C@@H](CCC)c2ccccc2)C1. The third-order valence-corrected chi connectivity index (χ3v) is 3.28. The Balaban J connectivity index is 1.92. The first-order chi connectivity index (χ1) is 9.33. The van der Waals surface area contributed by atoms with Crippen molar-refractivity contribution in [3.63, 3.8) is 0 Å². The summed E-state index contributed by atoms with van der Waals surface area (Å²) in [6.45, 7) is 4.33. The fraction of sp³-hybridized carbons (Fsp3) is 0.562. The predicted octanol–water partition coefficient (Wildman–Crippen LogP) is 4.45. The van der Waals surface area contributed by atoms with E-state index in [4.69, 9.17) is 9.57 Å². The van der Waals surface area contributed by atoms with Gasteiger partial charge in [0.05, 0.1) is 18.2 Å². The van der Waals surface area contributed by atoms with E-state index in [1.807, 2.05) is 6.07 Å². The normalized spacial score (nSPS) is 19.9. The molecule has 0 saturated heterocycles. The highest BCUT2D eigenvalue weighted by Crippen LogP contribution is 2.27. The van der Waals surface area contributed by atoms with E-state index in [-0.39, 0.29) is 12.4 Å². The van der Waals surface area contributed by atoms with Crippen LogP contribution in [0.5, 0.6) is 0 Å². The van der Waals surface area contributed by atoms with Gasteiger partial charge in [0, 0.05) is 0 Å². The van der Waals surface area contributed by atoms with E-state index in [9.17, 15) is 0 Å². The second kappa shape index (κ2) is 7.29. The highest BCUT2D eigenvalue weighted by molar-refractivity contribution is 5.85. The van der Waals surface area contributed by atoms with Crippen LogP contribution in [-0.4, -0.2) is 12.0 Å². The molecule has 0 spiro atoms. The molecule has 0 fully saturated rings. The summed E-state index contributed by atoms with van der Waals surface area (Å²) in [5.74, 6) is 0. The number of hydrogen-bond donors (Lipinski definition) is 0. The highest BCUT2D eigenvalue weighted by Gasteiger charge is 2.25. The van der Waals surface area contributed by atoms with Crippen molar-refractivity contribution in [3.05, 3.63) is 35.9 Å². The minimum absolute atomic E-state index is 0.104. The minimum Gasteiger partial charge on any atom is -0.363 e. The molecule has 2 atom stereocenters. The van der Waals surface area contributed by atoms with Crippen LogP contribution in [0.3, 0.4) is 0 Å². The summed E-state index contributed by atoms with van der Waals surface area (Å²) in [5.41, 5.74) is 2.34. The van der Waals surface area contributed by atoms with Gasteiger partial charge in [0.1, 0.15) is 0 Å². The van der Waals surface area contributed by atoms with Crippen LogP contribution in [0.15, 0.2) is 35.5 Å². The monoisotopic (exact) mass is 261 g/mol. The Hall–Kier alpha value is -1.35. The number of oxime groups is 1. The van der Waals surface area contributed by atoms with Gasteiger partial charge in [-0.15, -0.1) is 0 Å². The quantitative estimate of drug-likeness (QED) is 0.726. The third-order valence-electron chi connectivity index (χ3n) is 3.28. The van der Waals surface area contributed by atoms with Crippen molar-refractivity contribution in [1.29, 1.82) is 0 Å². The van der Waals surface area contributed by atoms with Crippen LogP contribution in [0.4, 0.5) is 0 Å². The first-order valence-corrected chi connectivity index (χ1v) is 7.25. The number of nitrogens with zero attached hydrogens (tertiary/aromatic N) is 1. The van der Waals surface area contributed by atoms with Crippen molar-refractivity contribution in [2.24, 2.45) is 5.16 Å². The van der Waals surface area contributed by atoms with Gasteiger partial charge in [-0.2, -0.15) is 0 Å². The summed E-state index contributed by atoms with van der Waals surface area (Å²) < 4.78 is 6.08. The molecule has 1 aliphatic heterocycles. The number of rotatable bonds is 7. The zero-order valence-electron chi connectivity index (χ0n) is 11.8. The number of benzene rings is 1. The summed E-state index contributed by atoms with van der Waals surface area (Å²) in [5, 5.41) is 4.11. The van der Waals surface area contributed by atoms with Gasteiger partial charge in [-0.1, -0.05) is 62.2 Å². The van der Waals surface area contributed by atoms with Crippen LogP contribution in [0.2, 0.25) is 0 Å². The zero-order valence-corrected chi connectivity index (χ0v) is 11.8. The lowest BCUT2D eigenvalue weighted by Gasteiger charge is -2.20. The third kappa shape index (κ3) is 4.06. The van der Waals surface area contributed by atoms with Crippen molar-refractivity contribution in [2.45, 2.75) is 58.3 Å². The largest absolute Gasteiger partial charge is 0.363 e. The van der Waals surface area contributed by atoms with E-state index in [0.29, 0.717) is 0 Å². The molecular weight excluding hydrogens is 238 g/mol. The maximum Gasteiger partial charge on any atom is 0.232 e. The number of hydrogen-bond acceptors (Lipinski definition) is 3. The molecule has 0 bridgehead atoms. The van der Waals surface area contributed by atoms with E-state index in [2.05, 4.69) is 43.3 Å². The van der Waals surface area contributed by atoms with Gasteiger partial charge in [-0.3, -0.25) is 0 Å². The van der Waals surface area contributed by atoms with Gasteiger partial charge in [-0.05, 0) is 18.4 Å². The molecule has 1 heterocycles. The van der Waals surface area contributed by atoms with Gasteiger partial charge in [-0.25, -0.2) is 0 Å². The summed E-state index contributed by atoms with van der Waals surface area (Å²) in [6, 6.07) is 10.4. The predicted molar refractivity (Wildman–Crippen MR) is 77.0 cm³/mol. The topological polar surface area (TPSA) is 30.8 Å². The fourth-order valence-electron chi connectivity index (χ4n) is 2.34. The zero-order chi connectivity index (χ0) is 13.5. The van der Waals surface area contributed by atoms with Crippen LogP contribution < -0.4 is 0 Å². The van der Waals surface area contributed by atoms with Gasteiger partial charge in [0.2, 0.25) is 6.29 Å². The van der Waals surface area contributed by atoms with Crippen LogP contribution >= 0.6 is 0 Å². The second-order valence-electron chi connectivity index (χ2n) is 4.97. The molecule has 1 aromatic carbocycles. The second-order valence-corrected chi connectivity index (χ2v) is 4.97. The van der Waals surface area contributed by atoms with Gasteiger partial charge in [0.25, 0.3) is 0 Å². The standard InChI is InChI=1S/C16H23NO2/c1-3-8-14-12-16(19-17-14)18-15(9-4-2)13-10-6-5-7-11-13/h5-7,10-11,15-16H,3-4,8-9,12H2,1-2H3/t15-,16?/m0/s1. The average Bonchev–Trinajstić information content (AvgIpc) is 2.87. The van der Waals surface area contributed by atoms with Crippen molar-refractivity contribution < 1.29 is 9.57 Å². The van der Waals surface area contributed by atoms with E-state index in [1.54, 1.807) is 0 Å². The van der Waals surface area contributed by atoms with Crippen molar-refractivity contribution in [3.8, 4) is 0 Å². The maximum atomic E-state index is 6.08. The molecule has 0 aromatic heterocycles. The van der Waals surface area contributed by atoms with E-state index in [0.717, 1.165) is 37.8 Å². The van der Waals surface area contributed by atoms with Crippen LogP contribution in [-0.2, 0) is 9.57 Å². The molecule has 1 aliphatic rings. The average molecular weight is 261 g/mol. The molecule has 3 nitrogen and oxygen atoms in total. The Kier molecular flexibility index (Phi) is 5.40. The fourth-order valence-corrected chi connectivity index (χ4v) is 2.34. The lowest BCUT2D eigenvalue weighted by atomic mass is 10.1. The van der Waals surface area contributed by atoms with E-state index >= 15 is 0 Å². The van der Waals surface area contributed by atoms with Gasteiger partial charge >= 0.3 is 0 Å². The highest BCUT2D eigenvalue weighted by atomic mass is 16.8. The molecule has 0 saturated carbocycles. The first kappa shape index (κ1) is 14.1. The lowest BCUT2D eigenvalue weighted by Crippen LogP contribution is -2.17. The summed E-state index contributed by atoms with van der Waals surface area (Å²) in [4.78, 5) is 5.38. The minimum atomic E-state index is -0.210. The molecule has 3 heteroatoms. The lowest BCUT2D eigenvalue weighted by molar-refractivity contribution is -0.159. The Labute approximate surface area is 115 Å². The molecule has 0 radical (unpaired) electrons. The molecule has 0 N–H and O–H groups in total. The molecule has 104 valence electrons. The number of ether oxygens (including phenoxy) is 1. The Morgan fingerprint density at radius 2 is 2.05 bits per heavy atom.